The average Bonchev–Trinajstić information content (AvgIpc) is 3.04. The first-order valence-electron chi connectivity index (χ1n) is 5.55. The normalized spacial score (nSPS) is 12.9. The second kappa shape index (κ2) is 5.42. The topological polar surface area (TPSA) is 57.8 Å². The second-order valence-corrected chi connectivity index (χ2v) is 7.10. The zero-order chi connectivity index (χ0) is 13.2. The number of H-pyrrole nitrogens is 1. The van der Waals surface area contributed by atoms with E-state index in [-0.39, 0.29) is 0 Å². The van der Waals surface area contributed by atoms with Crippen LogP contribution in [0.5, 0.6) is 0 Å². The van der Waals surface area contributed by atoms with Crippen LogP contribution < -0.4 is 4.72 Å². The molecule has 3 aromatic heterocycles. The number of pyridine rings is 1. The van der Waals surface area contributed by atoms with Gasteiger partial charge < -0.3 is 4.98 Å². The fourth-order valence-corrected chi connectivity index (χ4v) is 4.07. The van der Waals surface area contributed by atoms with Gasteiger partial charge in [-0.25, -0.2) is 13.9 Å². The number of hydrogen-bond donors (Lipinski definition) is 2. The lowest BCUT2D eigenvalue weighted by Crippen LogP contribution is -2.16. The summed E-state index contributed by atoms with van der Waals surface area (Å²) in [6, 6.07) is 7.40. The highest BCUT2D eigenvalue weighted by molar-refractivity contribution is 7.85. The van der Waals surface area contributed by atoms with E-state index in [1.54, 1.807) is 18.3 Å². The minimum atomic E-state index is -1.24. The summed E-state index contributed by atoms with van der Waals surface area (Å²) in [4.78, 5) is 7.27. The molecule has 3 rings (SSSR count). The van der Waals surface area contributed by atoms with Crippen molar-refractivity contribution in [2.75, 3.05) is 0 Å². The molecule has 0 aliphatic carbocycles. The number of aromatic amines is 1. The molecule has 4 nitrogen and oxygen atoms in total. The molecule has 1 unspecified atom stereocenters. The maximum absolute atomic E-state index is 12.0. The van der Waals surface area contributed by atoms with Crippen LogP contribution in [0, 0.1) is 0 Å². The summed E-state index contributed by atoms with van der Waals surface area (Å²) >= 11 is 7.15. The van der Waals surface area contributed by atoms with E-state index >= 15 is 0 Å². The number of fused-ring (bicyclic) bond motifs is 1. The number of nitrogens with zero attached hydrogens (tertiary/aromatic N) is 1. The Morgan fingerprint density at radius 1 is 1.37 bits per heavy atom. The molecule has 0 saturated carbocycles. The van der Waals surface area contributed by atoms with Crippen LogP contribution in [0.1, 0.15) is 5.56 Å². The third-order valence-electron chi connectivity index (χ3n) is 2.68. The van der Waals surface area contributed by atoms with Crippen LogP contribution in [-0.2, 0) is 17.5 Å². The highest BCUT2D eigenvalue weighted by Crippen LogP contribution is 2.24. The van der Waals surface area contributed by atoms with E-state index in [9.17, 15) is 4.21 Å². The van der Waals surface area contributed by atoms with E-state index in [1.807, 2.05) is 18.3 Å². The van der Waals surface area contributed by atoms with Gasteiger partial charge in [0.15, 0.2) is 0 Å². The van der Waals surface area contributed by atoms with Gasteiger partial charge in [0.2, 0.25) is 0 Å². The quantitative estimate of drug-likeness (QED) is 0.778. The van der Waals surface area contributed by atoms with Crippen molar-refractivity contribution in [2.45, 2.75) is 10.8 Å². The molecule has 2 N–H and O–H groups in total. The molecule has 0 fully saturated rings. The van der Waals surface area contributed by atoms with Crippen LogP contribution in [0.4, 0.5) is 0 Å². The summed E-state index contributed by atoms with van der Waals surface area (Å²) in [6.45, 7) is 0.513. The van der Waals surface area contributed by atoms with Crippen molar-refractivity contribution in [1.82, 2.24) is 14.7 Å². The lowest BCUT2D eigenvalue weighted by molar-refractivity contribution is 0.673. The molecule has 0 bridgehead atoms. The van der Waals surface area contributed by atoms with Crippen molar-refractivity contribution < 1.29 is 4.21 Å². The smallest absolute Gasteiger partial charge is 0.137 e. The Hall–Kier alpha value is -1.21. The van der Waals surface area contributed by atoms with E-state index in [2.05, 4.69) is 14.7 Å². The first kappa shape index (κ1) is 12.8. The maximum atomic E-state index is 12.0. The maximum Gasteiger partial charge on any atom is 0.137 e. The summed E-state index contributed by atoms with van der Waals surface area (Å²) < 4.78 is 16.4. The lowest BCUT2D eigenvalue weighted by Gasteiger charge is -2.04. The second-order valence-electron chi connectivity index (χ2n) is 3.86. The van der Waals surface area contributed by atoms with Crippen LogP contribution in [0.2, 0.25) is 4.34 Å². The van der Waals surface area contributed by atoms with Crippen LogP contribution in [0.15, 0.2) is 40.9 Å². The van der Waals surface area contributed by atoms with Crippen molar-refractivity contribution in [3.05, 3.63) is 46.6 Å². The largest absolute Gasteiger partial charge is 0.346 e. The molecule has 1 atom stereocenters. The lowest BCUT2D eigenvalue weighted by atomic mass is 10.2. The van der Waals surface area contributed by atoms with Crippen molar-refractivity contribution in [3.63, 3.8) is 0 Å². The molecular formula is C12H10ClN3OS2. The number of thiophene rings is 1. The molecule has 98 valence electrons. The fraction of sp³-hybridized carbons (Fsp3) is 0.0833. The number of rotatable bonds is 4. The van der Waals surface area contributed by atoms with E-state index in [0.29, 0.717) is 10.9 Å². The SMILES string of the molecule is O=S(NCc1ccnc2[nH]ccc12)c1ccc(Cl)s1. The number of nitrogens with one attached hydrogen (secondary N) is 2. The van der Waals surface area contributed by atoms with Crippen LogP contribution in [-0.4, -0.2) is 14.2 Å². The number of aromatic nitrogens is 2. The van der Waals surface area contributed by atoms with Crippen LogP contribution >= 0.6 is 22.9 Å². The average molecular weight is 312 g/mol. The van der Waals surface area contributed by atoms with Gasteiger partial charge >= 0.3 is 0 Å². The third-order valence-corrected chi connectivity index (χ3v) is 5.31. The zero-order valence-corrected chi connectivity index (χ0v) is 12.1. The number of halogens is 1. The van der Waals surface area contributed by atoms with E-state index in [4.69, 9.17) is 11.6 Å². The molecule has 3 aromatic rings. The Morgan fingerprint density at radius 2 is 2.26 bits per heavy atom. The first-order chi connectivity index (χ1) is 9.24. The number of hydrogen-bond acceptors (Lipinski definition) is 3. The predicted octanol–water partition coefficient (Wildman–Crippen LogP) is 3.09. The van der Waals surface area contributed by atoms with Gasteiger partial charge in [0.05, 0.1) is 4.34 Å². The summed E-state index contributed by atoms with van der Waals surface area (Å²) in [5, 5.41) is 1.04. The fourth-order valence-electron chi connectivity index (χ4n) is 1.78. The summed E-state index contributed by atoms with van der Waals surface area (Å²) in [5.74, 6) is 0. The van der Waals surface area contributed by atoms with E-state index in [1.165, 1.54) is 11.3 Å². The Balaban J connectivity index is 1.76. The van der Waals surface area contributed by atoms with Crippen LogP contribution in [0.3, 0.4) is 0 Å². The Kier molecular flexibility index (Phi) is 3.65. The van der Waals surface area contributed by atoms with Crippen molar-refractivity contribution in [1.29, 1.82) is 0 Å². The molecule has 0 amide bonds. The molecule has 0 spiro atoms. The van der Waals surface area contributed by atoms with Gasteiger partial charge in [-0.05, 0) is 29.8 Å². The van der Waals surface area contributed by atoms with Crippen molar-refractivity contribution in [3.8, 4) is 0 Å². The third kappa shape index (κ3) is 2.71. The highest BCUT2D eigenvalue weighted by atomic mass is 35.5. The first-order valence-corrected chi connectivity index (χ1v) is 7.90. The molecule has 0 aromatic carbocycles. The van der Waals surface area contributed by atoms with E-state index < -0.39 is 11.0 Å². The molecule has 7 heteroatoms. The molecule has 0 saturated heterocycles. The Morgan fingerprint density at radius 3 is 3.05 bits per heavy atom. The summed E-state index contributed by atoms with van der Waals surface area (Å²) in [5.41, 5.74) is 1.89. The Bertz CT molecular complexity index is 737. The standard InChI is InChI=1S/C12H10ClN3OS2/c13-10-1-2-11(18-10)19(17)16-7-8-3-5-14-12-9(8)4-6-15-12/h1-6,16H,7H2,(H,14,15). The van der Waals surface area contributed by atoms with Crippen molar-refractivity contribution >= 4 is 45.0 Å². The minimum Gasteiger partial charge on any atom is -0.346 e. The van der Waals surface area contributed by atoms with Gasteiger partial charge in [-0.15, -0.1) is 11.3 Å². The molecule has 0 radical (unpaired) electrons. The van der Waals surface area contributed by atoms with Gasteiger partial charge in [0.1, 0.15) is 20.8 Å². The van der Waals surface area contributed by atoms with Gasteiger partial charge in [-0.1, -0.05) is 11.6 Å². The van der Waals surface area contributed by atoms with E-state index in [0.717, 1.165) is 20.8 Å². The molecule has 0 aliphatic rings. The zero-order valence-electron chi connectivity index (χ0n) is 9.72. The predicted molar refractivity (Wildman–Crippen MR) is 78.7 cm³/mol. The van der Waals surface area contributed by atoms with Gasteiger partial charge in [-0.2, -0.15) is 0 Å². The van der Waals surface area contributed by atoms with Gasteiger partial charge in [-0.3, -0.25) is 0 Å². The van der Waals surface area contributed by atoms with Crippen molar-refractivity contribution in [2.24, 2.45) is 0 Å². The minimum absolute atomic E-state index is 0.513. The molecule has 3 heterocycles. The monoisotopic (exact) mass is 311 g/mol. The van der Waals surface area contributed by atoms with Gasteiger partial charge in [0.25, 0.3) is 0 Å². The summed E-state index contributed by atoms with van der Waals surface area (Å²) in [7, 11) is -1.24. The highest BCUT2D eigenvalue weighted by Gasteiger charge is 2.08. The molecule has 0 aliphatic heterocycles. The van der Waals surface area contributed by atoms with Crippen LogP contribution in [0.25, 0.3) is 11.0 Å². The Labute approximate surface area is 121 Å². The van der Waals surface area contributed by atoms with Gasteiger partial charge in [0, 0.05) is 24.3 Å². The molecular weight excluding hydrogens is 302 g/mol. The molecule has 19 heavy (non-hydrogen) atoms. The summed E-state index contributed by atoms with van der Waals surface area (Å²) in [6.07, 6.45) is 3.58.